The number of carbonyl (C=O) groups is 1. The lowest BCUT2D eigenvalue weighted by Crippen LogP contribution is -2.37. The van der Waals surface area contributed by atoms with E-state index in [0.29, 0.717) is 17.6 Å². The molecule has 0 aliphatic heterocycles. The monoisotopic (exact) mass is 344 g/mol. The summed E-state index contributed by atoms with van der Waals surface area (Å²) in [5.74, 6) is 0. The summed E-state index contributed by atoms with van der Waals surface area (Å²) in [4.78, 5) is 26.7. The maximum absolute atomic E-state index is 12.2. The number of amides is 2. The predicted octanol–water partition coefficient (Wildman–Crippen LogP) is 2.78. The third-order valence-corrected chi connectivity index (χ3v) is 4.13. The molecule has 0 saturated heterocycles. The minimum atomic E-state index is -0.253. The van der Waals surface area contributed by atoms with Gasteiger partial charge in [-0.2, -0.15) is 0 Å². The highest BCUT2D eigenvalue weighted by atomic mass is 16.2. The third-order valence-electron chi connectivity index (χ3n) is 4.13. The van der Waals surface area contributed by atoms with Gasteiger partial charge in [-0.25, -0.2) is 4.79 Å². The lowest BCUT2D eigenvalue weighted by atomic mass is 10.1. The molecule has 25 heavy (non-hydrogen) atoms. The fourth-order valence-corrected chi connectivity index (χ4v) is 2.98. The van der Waals surface area contributed by atoms with Crippen LogP contribution in [0.5, 0.6) is 0 Å². The number of nitrogens with zero attached hydrogens (tertiary/aromatic N) is 2. The van der Waals surface area contributed by atoms with E-state index in [4.69, 9.17) is 0 Å². The van der Waals surface area contributed by atoms with Crippen LogP contribution >= 0.6 is 0 Å². The Morgan fingerprint density at radius 3 is 2.36 bits per heavy atom. The number of rotatable bonds is 8. The Bertz CT molecular complexity index is 764. The van der Waals surface area contributed by atoms with E-state index in [1.807, 2.05) is 18.2 Å². The molecule has 0 unspecified atom stereocenters. The minimum Gasteiger partial charge on any atom is -0.337 e. The summed E-state index contributed by atoms with van der Waals surface area (Å²) in [6, 6.07) is 7.05. The second-order valence-corrected chi connectivity index (χ2v) is 6.23. The summed E-state index contributed by atoms with van der Waals surface area (Å²) in [5.41, 5.74) is 0.561. The molecule has 2 rings (SSSR count). The number of hydrogen-bond acceptors (Lipinski definition) is 3. The molecule has 0 radical (unpaired) electrons. The fourth-order valence-electron chi connectivity index (χ4n) is 2.98. The van der Waals surface area contributed by atoms with Gasteiger partial charge in [0.05, 0.1) is 5.69 Å². The summed E-state index contributed by atoms with van der Waals surface area (Å²) >= 11 is 0. The van der Waals surface area contributed by atoms with Crippen LogP contribution in [0.2, 0.25) is 0 Å². The largest absolute Gasteiger partial charge is 0.337 e. The molecule has 2 aromatic rings. The number of carbonyl (C=O) groups excluding carboxylic acids is 1. The maximum atomic E-state index is 12.2. The minimum absolute atomic E-state index is 0.0728. The van der Waals surface area contributed by atoms with Crippen molar-refractivity contribution in [2.24, 2.45) is 7.05 Å². The molecule has 0 spiro atoms. The van der Waals surface area contributed by atoms with E-state index in [9.17, 15) is 9.59 Å². The first-order valence-electron chi connectivity index (χ1n) is 8.92. The summed E-state index contributed by atoms with van der Waals surface area (Å²) in [5, 5.41) is 7.11. The zero-order valence-electron chi connectivity index (χ0n) is 15.3. The topological polar surface area (TPSA) is 66.4 Å². The van der Waals surface area contributed by atoms with Crippen molar-refractivity contribution >= 4 is 22.5 Å². The zero-order valence-corrected chi connectivity index (χ0v) is 15.3. The highest BCUT2D eigenvalue weighted by Crippen LogP contribution is 2.19. The number of hydrogen-bond donors (Lipinski definition) is 2. The molecule has 6 nitrogen and oxygen atoms in total. The highest BCUT2D eigenvalue weighted by Gasteiger charge is 2.10. The number of benzene rings is 1. The van der Waals surface area contributed by atoms with Gasteiger partial charge < -0.3 is 20.1 Å². The van der Waals surface area contributed by atoms with E-state index < -0.39 is 0 Å². The number of aryl methyl sites for hydroxylation is 1. The summed E-state index contributed by atoms with van der Waals surface area (Å²) in [6.07, 6.45) is 3.87. The van der Waals surface area contributed by atoms with Gasteiger partial charge in [0.25, 0.3) is 5.56 Å². The van der Waals surface area contributed by atoms with Crippen LogP contribution in [0.4, 0.5) is 10.5 Å². The summed E-state index contributed by atoms with van der Waals surface area (Å²) < 4.78 is 1.49. The molecule has 1 heterocycles. The number of pyridine rings is 1. The van der Waals surface area contributed by atoms with Gasteiger partial charge in [0, 0.05) is 37.1 Å². The second-order valence-electron chi connectivity index (χ2n) is 6.23. The van der Waals surface area contributed by atoms with E-state index in [2.05, 4.69) is 29.4 Å². The number of anilines is 1. The van der Waals surface area contributed by atoms with Crippen molar-refractivity contribution in [1.82, 2.24) is 14.8 Å². The van der Waals surface area contributed by atoms with Crippen LogP contribution in [-0.4, -0.2) is 41.7 Å². The van der Waals surface area contributed by atoms with Gasteiger partial charge in [0.15, 0.2) is 0 Å². The molecular weight excluding hydrogens is 316 g/mol. The Labute approximate surface area is 148 Å². The number of aromatic nitrogens is 1. The lowest BCUT2D eigenvalue weighted by molar-refractivity contribution is 0.244. The zero-order chi connectivity index (χ0) is 18.2. The van der Waals surface area contributed by atoms with Gasteiger partial charge >= 0.3 is 6.03 Å². The van der Waals surface area contributed by atoms with Crippen LogP contribution in [0.15, 0.2) is 35.3 Å². The molecule has 0 saturated carbocycles. The van der Waals surface area contributed by atoms with Crippen molar-refractivity contribution in [3.8, 4) is 0 Å². The van der Waals surface area contributed by atoms with Crippen LogP contribution < -0.4 is 16.2 Å². The molecule has 0 atom stereocenters. The van der Waals surface area contributed by atoms with E-state index in [1.165, 1.54) is 4.57 Å². The van der Waals surface area contributed by atoms with Gasteiger partial charge in [-0.1, -0.05) is 32.0 Å². The SMILES string of the molecule is CCCN(CCC)CCNC(=O)Nc1cn(C)c(=O)c2ccccc12. The number of fused-ring (bicyclic) bond motifs is 1. The van der Waals surface area contributed by atoms with Crippen LogP contribution in [-0.2, 0) is 7.05 Å². The Kier molecular flexibility index (Phi) is 7.01. The van der Waals surface area contributed by atoms with Crippen LogP contribution in [0.25, 0.3) is 10.8 Å². The number of nitrogens with one attached hydrogen (secondary N) is 2. The van der Waals surface area contributed by atoms with Crippen molar-refractivity contribution in [3.05, 3.63) is 40.8 Å². The van der Waals surface area contributed by atoms with E-state index in [1.54, 1.807) is 19.3 Å². The first-order valence-corrected chi connectivity index (χ1v) is 8.92. The molecule has 1 aromatic carbocycles. The van der Waals surface area contributed by atoms with Gasteiger partial charge in [0.2, 0.25) is 0 Å². The van der Waals surface area contributed by atoms with Crippen molar-refractivity contribution in [1.29, 1.82) is 0 Å². The number of urea groups is 1. The van der Waals surface area contributed by atoms with E-state index in [-0.39, 0.29) is 11.6 Å². The molecule has 0 aliphatic rings. The van der Waals surface area contributed by atoms with Gasteiger partial charge in [-0.05, 0) is 32.0 Å². The molecule has 0 bridgehead atoms. The second kappa shape index (κ2) is 9.22. The Hall–Kier alpha value is -2.34. The summed E-state index contributed by atoms with van der Waals surface area (Å²) in [7, 11) is 1.69. The average Bonchev–Trinajstić information content (AvgIpc) is 2.60. The van der Waals surface area contributed by atoms with E-state index >= 15 is 0 Å². The first kappa shape index (κ1) is 19.0. The van der Waals surface area contributed by atoms with Gasteiger partial charge in [-0.15, -0.1) is 0 Å². The molecular formula is C19H28N4O2. The fraction of sp³-hybridized carbons (Fsp3) is 0.474. The first-order chi connectivity index (χ1) is 12.1. The molecule has 1 aromatic heterocycles. The van der Waals surface area contributed by atoms with Gasteiger partial charge in [0.1, 0.15) is 0 Å². The van der Waals surface area contributed by atoms with E-state index in [0.717, 1.165) is 37.9 Å². The van der Waals surface area contributed by atoms with Crippen LogP contribution in [0.3, 0.4) is 0 Å². The van der Waals surface area contributed by atoms with Crippen molar-refractivity contribution in [3.63, 3.8) is 0 Å². The average molecular weight is 344 g/mol. The lowest BCUT2D eigenvalue weighted by Gasteiger charge is -2.21. The van der Waals surface area contributed by atoms with Crippen LogP contribution in [0.1, 0.15) is 26.7 Å². The Morgan fingerprint density at radius 2 is 1.72 bits per heavy atom. The predicted molar refractivity (Wildman–Crippen MR) is 103 cm³/mol. The molecule has 2 amide bonds. The van der Waals surface area contributed by atoms with Crippen molar-refractivity contribution in [2.75, 3.05) is 31.5 Å². The molecule has 6 heteroatoms. The molecule has 2 N–H and O–H groups in total. The summed E-state index contributed by atoms with van der Waals surface area (Å²) in [6.45, 7) is 7.84. The highest BCUT2D eigenvalue weighted by molar-refractivity contribution is 6.00. The van der Waals surface area contributed by atoms with Crippen molar-refractivity contribution < 1.29 is 4.79 Å². The normalized spacial score (nSPS) is 11.0. The Morgan fingerprint density at radius 1 is 1.08 bits per heavy atom. The third kappa shape index (κ3) is 5.06. The Balaban J connectivity index is 2.00. The molecule has 0 fully saturated rings. The molecule has 136 valence electrons. The molecule has 0 aliphatic carbocycles. The quantitative estimate of drug-likeness (QED) is 0.774. The van der Waals surface area contributed by atoms with Crippen LogP contribution in [0, 0.1) is 0 Å². The smallest absolute Gasteiger partial charge is 0.319 e. The van der Waals surface area contributed by atoms with Gasteiger partial charge in [-0.3, -0.25) is 4.79 Å². The standard InChI is InChI=1S/C19H28N4O2/c1-4-11-23(12-5-2)13-10-20-19(25)21-17-14-22(3)18(24)16-9-7-6-8-15(16)17/h6-9,14H,4-5,10-13H2,1-3H3,(H2,20,21,25). The maximum Gasteiger partial charge on any atom is 0.319 e. The van der Waals surface area contributed by atoms with Crippen molar-refractivity contribution in [2.45, 2.75) is 26.7 Å².